The molecular formula is C37H31N7O9. The molecule has 2 aliphatic rings. The first-order valence-electron chi connectivity index (χ1n) is 16.6. The lowest BCUT2D eigenvalue weighted by molar-refractivity contribution is -0.384. The predicted octanol–water partition coefficient (Wildman–Crippen LogP) is 4.47. The lowest BCUT2D eigenvalue weighted by atomic mass is 10.0. The summed E-state index contributed by atoms with van der Waals surface area (Å²) in [6.07, 6.45) is 3.82. The molecule has 4 N–H and O–H groups in total. The molecule has 3 aromatic carbocycles. The summed E-state index contributed by atoms with van der Waals surface area (Å²) in [7, 11) is 1.59. The van der Waals surface area contributed by atoms with Crippen LogP contribution in [0.25, 0.3) is 22.0 Å². The van der Waals surface area contributed by atoms with Gasteiger partial charge in [0.1, 0.15) is 23.1 Å². The highest BCUT2D eigenvalue weighted by molar-refractivity contribution is 6.25. The molecule has 0 aliphatic carbocycles. The number of imide groups is 2. The van der Waals surface area contributed by atoms with Gasteiger partial charge in [0.25, 0.3) is 23.1 Å². The number of rotatable bonds is 11. The number of aromatic amines is 1. The number of nitro benzene ring substituents is 1. The highest BCUT2D eigenvalue weighted by Gasteiger charge is 2.45. The number of anilines is 2. The van der Waals surface area contributed by atoms with Crippen molar-refractivity contribution in [3.63, 3.8) is 0 Å². The van der Waals surface area contributed by atoms with E-state index in [1.807, 2.05) is 0 Å². The molecule has 1 unspecified atom stereocenters. The van der Waals surface area contributed by atoms with E-state index in [1.54, 1.807) is 61.9 Å². The molecule has 1 fully saturated rings. The SMILES string of the molecule is Cn1cc(-c2cc([N+](=O)[O-])ccc2Oc2ccc(NC(=O)CCCNc3cccc4c3C(=O)N(C3CCC(=O)NC3=O)C4=O)cc2)c2cc[nH]c2c1=O. The number of amides is 5. The number of hydrogen-bond acceptors (Lipinski definition) is 10. The van der Waals surface area contributed by atoms with E-state index >= 15 is 0 Å². The van der Waals surface area contributed by atoms with Crippen LogP contribution in [-0.2, 0) is 21.4 Å². The van der Waals surface area contributed by atoms with Gasteiger partial charge in [-0.3, -0.25) is 49.1 Å². The average Bonchev–Trinajstić information content (AvgIpc) is 3.73. The van der Waals surface area contributed by atoms with Gasteiger partial charge in [-0.15, -0.1) is 0 Å². The van der Waals surface area contributed by atoms with Crippen molar-refractivity contribution in [2.24, 2.45) is 7.05 Å². The third kappa shape index (κ3) is 6.60. The van der Waals surface area contributed by atoms with Crippen molar-refractivity contribution < 1.29 is 33.6 Å². The first kappa shape index (κ1) is 34.4. The van der Waals surface area contributed by atoms with Crippen molar-refractivity contribution in [1.82, 2.24) is 19.8 Å². The highest BCUT2D eigenvalue weighted by Crippen LogP contribution is 2.39. The molecule has 0 spiro atoms. The molecule has 7 rings (SSSR count). The number of nitrogens with zero attached hydrogens (tertiary/aromatic N) is 3. The summed E-state index contributed by atoms with van der Waals surface area (Å²) in [5.74, 6) is -1.91. The van der Waals surface area contributed by atoms with Crippen molar-refractivity contribution in [2.75, 3.05) is 17.2 Å². The number of non-ortho nitro benzene ring substituents is 1. The zero-order valence-electron chi connectivity index (χ0n) is 28.1. The quantitative estimate of drug-likeness (QED) is 0.0651. The number of nitro groups is 1. The number of hydrogen-bond donors (Lipinski definition) is 4. The fourth-order valence-electron chi connectivity index (χ4n) is 6.51. The smallest absolute Gasteiger partial charge is 0.274 e. The van der Waals surface area contributed by atoms with Gasteiger partial charge in [0.2, 0.25) is 17.7 Å². The zero-order chi connectivity index (χ0) is 37.4. The van der Waals surface area contributed by atoms with E-state index in [1.165, 1.54) is 28.8 Å². The Labute approximate surface area is 299 Å². The van der Waals surface area contributed by atoms with E-state index in [0.29, 0.717) is 57.9 Å². The number of pyridine rings is 1. The van der Waals surface area contributed by atoms with Crippen LogP contribution in [0.5, 0.6) is 11.5 Å². The van der Waals surface area contributed by atoms with Crippen molar-refractivity contribution >= 4 is 57.5 Å². The Morgan fingerprint density at radius 2 is 1.77 bits per heavy atom. The maximum atomic E-state index is 13.3. The van der Waals surface area contributed by atoms with Gasteiger partial charge in [-0.05, 0) is 61.4 Å². The molecule has 4 heterocycles. The van der Waals surface area contributed by atoms with Crippen LogP contribution in [0.1, 0.15) is 46.4 Å². The number of carbonyl (C=O) groups is 5. The monoisotopic (exact) mass is 717 g/mol. The van der Waals surface area contributed by atoms with Crippen molar-refractivity contribution in [2.45, 2.75) is 31.7 Å². The maximum absolute atomic E-state index is 13.3. The van der Waals surface area contributed by atoms with Crippen LogP contribution < -0.4 is 26.2 Å². The molecule has 1 saturated heterocycles. The van der Waals surface area contributed by atoms with E-state index in [0.717, 1.165) is 4.90 Å². The molecule has 5 amide bonds. The van der Waals surface area contributed by atoms with Crippen molar-refractivity contribution in [3.8, 4) is 22.6 Å². The maximum Gasteiger partial charge on any atom is 0.274 e. The van der Waals surface area contributed by atoms with Gasteiger partial charge < -0.3 is 24.9 Å². The van der Waals surface area contributed by atoms with Gasteiger partial charge in [-0.2, -0.15) is 0 Å². The van der Waals surface area contributed by atoms with Crippen LogP contribution in [0.15, 0.2) is 83.9 Å². The second-order valence-corrected chi connectivity index (χ2v) is 12.5. The minimum absolute atomic E-state index is 0.0231. The first-order valence-corrected chi connectivity index (χ1v) is 16.6. The average molecular weight is 718 g/mol. The highest BCUT2D eigenvalue weighted by atomic mass is 16.6. The molecule has 0 radical (unpaired) electrons. The molecule has 53 heavy (non-hydrogen) atoms. The molecule has 2 aromatic heterocycles. The first-order chi connectivity index (χ1) is 25.5. The third-order valence-corrected chi connectivity index (χ3v) is 9.09. The van der Waals surface area contributed by atoms with E-state index in [9.17, 15) is 38.9 Å². The normalized spacial score (nSPS) is 15.3. The van der Waals surface area contributed by atoms with E-state index in [4.69, 9.17) is 4.74 Å². The molecule has 16 nitrogen and oxygen atoms in total. The molecule has 1 atom stereocenters. The number of nitrogens with one attached hydrogen (secondary N) is 4. The van der Waals surface area contributed by atoms with Gasteiger partial charge in [-0.1, -0.05) is 6.07 Å². The van der Waals surface area contributed by atoms with Gasteiger partial charge >= 0.3 is 0 Å². The summed E-state index contributed by atoms with van der Waals surface area (Å²) in [6.45, 7) is 0.304. The van der Waals surface area contributed by atoms with Crippen LogP contribution in [-0.4, -0.2) is 61.5 Å². The summed E-state index contributed by atoms with van der Waals surface area (Å²) in [4.78, 5) is 90.6. The van der Waals surface area contributed by atoms with E-state index in [2.05, 4.69) is 20.9 Å². The molecule has 2 aliphatic heterocycles. The second-order valence-electron chi connectivity index (χ2n) is 12.5. The summed E-state index contributed by atoms with van der Waals surface area (Å²) in [5.41, 5.74) is 2.13. The van der Waals surface area contributed by atoms with Crippen LogP contribution in [0.3, 0.4) is 0 Å². The largest absolute Gasteiger partial charge is 0.457 e. The fraction of sp³-hybridized carbons (Fsp3) is 0.189. The zero-order valence-corrected chi connectivity index (χ0v) is 28.1. The molecule has 268 valence electrons. The molecule has 16 heteroatoms. The third-order valence-electron chi connectivity index (χ3n) is 9.09. The molecule has 0 saturated carbocycles. The summed E-state index contributed by atoms with van der Waals surface area (Å²) in [6, 6.07) is 16.2. The lowest BCUT2D eigenvalue weighted by Gasteiger charge is -2.27. The Balaban J connectivity index is 0.969. The molecular weight excluding hydrogens is 686 g/mol. The lowest BCUT2D eigenvalue weighted by Crippen LogP contribution is -2.54. The summed E-state index contributed by atoms with van der Waals surface area (Å²) in [5, 5.41) is 20.3. The van der Waals surface area contributed by atoms with Crippen LogP contribution in [0.2, 0.25) is 0 Å². The summed E-state index contributed by atoms with van der Waals surface area (Å²) >= 11 is 0. The van der Waals surface area contributed by atoms with E-state index < -0.39 is 34.6 Å². The van der Waals surface area contributed by atoms with Gasteiger partial charge in [0.05, 0.1) is 16.1 Å². The van der Waals surface area contributed by atoms with Crippen LogP contribution >= 0.6 is 0 Å². The Hall–Kier alpha value is -7.10. The number of piperidine rings is 1. The number of fused-ring (bicyclic) bond motifs is 2. The standard InChI is InChI=1S/C37H31N7O9/c1-42-19-26(23-15-17-39-33(23)37(42)50)25-18-21(44(51)52)9-13-29(25)53-22-10-7-20(8-11-22)40-30(45)6-3-16-38-27-5-2-4-24-32(27)36(49)43(35(24)48)28-12-14-31(46)41-34(28)47/h2,4-5,7-11,13,15,17-19,28,38-39H,3,6,12,14,16H2,1H3,(H,40,45)(H,41,46,47). The van der Waals surface area contributed by atoms with Gasteiger partial charge in [0.15, 0.2) is 0 Å². The fourth-order valence-corrected chi connectivity index (χ4v) is 6.51. The van der Waals surface area contributed by atoms with Crippen LogP contribution in [0.4, 0.5) is 17.1 Å². The number of carbonyl (C=O) groups excluding carboxylic acids is 5. The van der Waals surface area contributed by atoms with Crippen LogP contribution in [0, 0.1) is 10.1 Å². The van der Waals surface area contributed by atoms with Gasteiger partial charge in [0, 0.05) is 78.8 Å². The predicted molar refractivity (Wildman–Crippen MR) is 192 cm³/mol. The number of H-pyrrole nitrogens is 1. The molecule has 0 bridgehead atoms. The number of aromatic nitrogens is 2. The minimum Gasteiger partial charge on any atom is -0.457 e. The summed E-state index contributed by atoms with van der Waals surface area (Å²) < 4.78 is 7.54. The molecule has 5 aromatic rings. The van der Waals surface area contributed by atoms with Gasteiger partial charge in [-0.25, -0.2) is 0 Å². The Bertz CT molecular complexity index is 2420. The second kappa shape index (κ2) is 13.9. The Kier molecular flexibility index (Phi) is 9.01. The number of benzene rings is 3. The minimum atomic E-state index is -1.07. The Morgan fingerprint density at radius 1 is 0.981 bits per heavy atom. The topological polar surface area (TPSA) is 215 Å². The van der Waals surface area contributed by atoms with Crippen molar-refractivity contribution in [1.29, 1.82) is 0 Å². The number of ether oxygens (including phenoxy) is 1. The number of aryl methyl sites for hydroxylation is 1. The Morgan fingerprint density at radius 3 is 2.53 bits per heavy atom. The van der Waals surface area contributed by atoms with E-state index in [-0.39, 0.29) is 47.5 Å². The van der Waals surface area contributed by atoms with Crippen molar-refractivity contribution in [3.05, 3.63) is 111 Å².